The predicted octanol–water partition coefficient (Wildman–Crippen LogP) is 4.97. The van der Waals surface area contributed by atoms with Gasteiger partial charge in [-0.05, 0) is 47.5 Å². The zero-order valence-electron chi connectivity index (χ0n) is 13.8. The number of aliphatic imine (C=N–C) groups is 1. The number of hydrogen-bond acceptors (Lipinski definition) is 4. The summed E-state index contributed by atoms with van der Waals surface area (Å²) in [7, 11) is 1.90. The van der Waals surface area contributed by atoms with Crippen LogP contribution in [0.3, 0.4) is 0 Å². The molecule has 1 heterocycles. The molecule has 0 radical (unpaired) electrons. The van der Waals surface area contributed by atoms with Crippen LogP contribution < -0.4 is 4.74 Å². The number of hydrogen-bond donors (Lipinski definition) is 0. The van der Waals surface area contributed by atoms with E-state index in [9.17, 15) is 13.2 Å². The summed E-state index contributed by atoms with van der Waals surface area (Å²) < 4.78 is 44.0. The average molecular weight is 417 g/mol. The zero-order chi connectivity index (χ0) is 18.6. The van der Waals surface area contributed by atoms with Gasteiger partial charge in [0.2, 0.25) is 11.7 Å². The number of rotatable bonds is 5. The van der Waals surface area contributed by atoms with E-state index in [1.165, 1.54) is 6.07 Å². The van der Waals surface area contributed by atoms with Crippen molar-refractivity contribution in [1.29, 1.82) is 0 Å². The molecule has 2 rings (SSSR count). The van der Waals surface area contributed by atoms with Gasteiger partial charge in [0, 0.05) is 25.9 Å². The van der Waals surface area contributed by atoms with Crippen LogP contribution in [0.2, 0.25) is 0 Å². The SMILES string of the molecule is CCN(C)/C=N/c1cc(Br)c(Oc2ccnc(C(F)(F)F)n2)cc1C. The monoisotopic (exact) mass is 416 g/mol. The van der Waals surface area contributed by atoms with Gasteiger partial charge in [-0.15, -0.1) is 0 Å². The molecular formula is C16H16BrF3N4O. The Hall–Kier alpha value is -2.16. The Morgan fingerprint density at radius 2 is 2.08 bits per heavy atom. The second-order valence-corrected chi connectivity index (χ2v) is 6.06. The maximum absolute atomic E-state index is 12.7. The van der Waals surface area contributed by atoms with Crippen molar-refractivity contribution in [3.05, 3.63) is 40.3 Å². The molecule has 0 aliphatic heterocycles. The van der Waals surface area contributed by atoms with E-state index in [1.54, 1.807) is 18.5 Å². The fourth-order valence-corrected chi connectivity index (χ4v) is 2.16. The second-order valence-electron chi connectivity index (χ2n) is 5.21. The minimum atomic E-state index is -4.63. The van der Waals surface area contributed by atoms with Crippen molar-refractivity contribution in [3.8, 4) is 11.6 Å². The van der Waals surface area contributed by atoms with Crippen LogP contribution in [0.4, 0.5) is 18.9 Å². The van der Waals surface area contributed by atoms with E-state index in [1.807, 2.05) is 25.8 Å². The van der Waals surface area contributed by atoms with E-state index < -0.39 is 12.0 Å². The van der Waals surface area contributed by atoms with Crippen molar-refractivity contribution in [2.45, 2.75) is 20.0 Å². The highest BCUT2D eigenvalue weighted by atomic mass is 79.9. The van der Waals surface area contributed by atoms with Crippen LogP contribution in [-0.4, -0.2) is 34.8 Å². The number of alkyl halides is 3. The minimum absolute atomic E-state index is 0.190. The fourth-order valence-electron chi connectivity index (χ4n) is 1.75. The first-order valence-corrected chi connectivity index (χ1v) is 8.12. The quantitative estimate of drug-likeness (QED) is 0.509. The Morgan fingerprint density at radius 3 is 2.72 bits per heavy atom. The topological polar surface area (TPSA) is 50.6 Å². The third-order valence-corrected chi connectivity index (χ3v) is 3.86. The molecule has 2 aromatic rings. The van der Waals surface area contributed by atoms with Gasteiger partial charge in [-0.3, -0.25) is 0 Å². The minimum Gasteiger partial charge on any atom is -0.438 e. The lowest BCUT2D eigenvalue weighted by Crippen LogP contribution is -2.14. The molecule has 5 nitrogen and oxygen atoms in total. The zero-order valence-corrected chi connectivity index (χ0v) is 15.4. The molecule has 0 aliphatic carbocycles. The first-order chi connectivity index (χ1) is 11.7. The molecular weight excluding hydrogens is 401 g/mol. The van der Waals surface area contributed by atoms with Gasteiger partial charge in [-0.25, -0.2) is 9.98 Å². The van der Waals surface area contributed by atoms with Crippen molar-refractivity contribution < 1.29 is 17.9 Å². The number of aromatic nitrogens is 2. The smallest absolute Gasteiger partial charge is 0.438 e. The Balaban J connectivity index is 2.27. The molecule has 0 spiro atoms. The highest BCUT2D eigenvalue weighted by Crippen LogP contribution is 2.35. The number of nitrogens with zero attached hydrogens (tertiary/aromatic N) is 4. The highest BCUT2D eigenvalue weighted by molar-refractivity contribution is 9.10. The number of halogens is 4. The van der Waals surface area contributed by atoms with E-state index in [2.05, 4.69) is 30.9 Å². The van der Waals surface area contributed by atoms with Crippen LogP contribution >= 0.6 is 15.9 Å². The molecule has 0 saturated carbocycles. The lowest BCUT2D eigenvalue weighted by Gasteiger charge is -2.12. The molecule has 1 aromatic carbocycles. The van der Waals surface area contributed by atoms with E-state index in [4.69, 9.17) is 4.74 Å². The Labute approximate surface area is 151 Å². The third kappa shape index (κ3) is 5.15. The number of aryl methyl sites for hydroxylation is 1. The fraction of sp³-hybridized carbons (Fsp3) is 0.312. The van der Waals surface area contributed by atoms with E-state index >= 15 is 0 Å². The highest BCUT2D eigenvalue weighted by Gasteiger charge is 2.34. The number of ether oxygens (including phenoxy) is 1. The average Bonchev–Trinajstić information content (AvgIpc) is 2.55. The van der Waals surface area contributed by atoms with Crippen molar-refractivity contribution in [3.63, 3.8) is 0 Å². The van der Waals surface area contributed by atoms with Crippen molar-refractivity contribution in [2.24, 2.45) is 4.99 Å². The van der Waals surface area contributed by atoms with Crippen LogP contribution in [0.25, 0.3) is 0 Å². The first-order valence-electron chi connectivity index (χ1n) is 7.33. The van der Waals surface area contributed by atoms with E-state index in [-0.39, 0.29) is 5.88 Å². The first kappa shape index (κ1) is 19.2. The number of benzene rings is 1. The van der Waals surface area contributed by atoms with Crippen LogP contribution in [-0.2, 0) is 6.18 Å². The molecule has 0 bridgehead atoms. The van der Waals surface area contributed by atoms with Crippen LogP contribution in [0, 0.1) is 6.92 Å². The molecule has 1 aromatic heterocycles. The van der Waals surface area contributed by atoms with Gasteiger partial charge in [0.15, 0.2) is 0 Å². The summed E-state index contributed by atoms with van der Waals surface area (Å²) in [6.07, 6.45) is -1.92. The summed E-state index contributed by atoms with van der Waals surface area (Å²) in [5.74, 6) is -1.10. The Kier molecular flexibility index (Phi) is 5.99. The maximum Gasteiger partial charge on any atom is 0.451 e. The van der Waals surface area contributed by atoms with E-state index in [0.717, 1.165) is 24.0 Å². The summed E-state index contributed by atoms with van der Waals surface area (Å²) in [5, 5.41) is 0. The molecule has 0 atom stereocenters. The summed E-state index contributed by atoms with van der Waals surface area (Å²) in [6, 6.07) is 4.67. The van der Waals surface area contributed by atoms with Crippen LogP contribution in [0.5, 0.6) is 11.6 Å². The molecule has 0 amide bonds. The second kappa shape index (κ2) is 7.81. The standard InChI is InChI=1S/C16H16BrF3N4O/c1-4-24(3)9-22-12-8-11(17)13(7-10(12)2)25-14-5-6-21-15(23-14)16(18,19)20/h5-9H,4H2,1-3H3/b22-9+. The molecule has 25 heavy (non-hydrogen) atoms. The summed E-state index contributed by atoms with van der Waals surface area (Å²) in [5.41, 5.74) is 1.53. The molecule has 0 saturated heterocycles. The molecule has 134 valence electrons. The lowest BCUT2D eigenvalue weighted by atomic mass is 10.2. The van der Waals surface area contributed by atoms with Gasteiger partial charge in [0.25, 0.3) is 0 Å². The van der Waals surface area contributed by atoms with Gasteiger partial charge in [0.1, 0.15) is 5.75 Å². The molecule has 0 unspecified atom stereocenters. The summed E-state index contributed by atoms with van der Waals surface area (Å²) in [6.45, 7) is 4.65. The largest absolute Gasteiger partial charge is 0.451 e. The van der Waals surface area contributed by atoms with Gasteiger partial charge < -0.3 is 9.64 Å². The van der Waals surface area contributed by atoms with Crippen molar-refractivity contribution in [2.75, 3.05) is 13.6 Å². The predicted molar refractivity (Wildman–Crippen MR) is 92.4 cm³/mol. The summed E-state index contributed by atoms with van der Waals surface area (Å²) >= 11 is 3.34. The molecule has 9 heteroatoms. The molecule has 0 fully saturated rings. The van der Waals surface area contributed by atoms with Gasteiger partial charge in [0.05, 0.1) is 16.5 Å². The van der Waals surface area contributed by atoms with Crippen molar-refractivity contribution >= 4 is 28.0 Å². The van der Waals surface area contributed by atoms with Gasteiger partial charge in [-0.2, -0.15) is 18.2 Å². The van der Waals surface area contributed by atoms with Crippen LogP contribution in [0.15, 0.2) is 33.9 Å². The molecule has 0 N–H and O–H groups in total. The Bertz CT molecular complexity index is 780. The summed E-state index contributed by atoms with van der Waals surface area (Å²) in [4.78, 5) is 12.9. The van der Waals surface area contributed by atoms with Crippen LogP contribution in [0.1, 0.15) is 18.3 Å². The third-order valence-electron chi connectivity index (χ3n) is 3.24. The lowest BCUT2D eigenvalue weighted by molar-refractivity contribution is -0.145. The van der Waals surface area contributed by atoms with Gasteiger partial charge in [-0.1, -0.05) is 0 Å². The molecule has 0 aliphatic rings. The van der Waals surface area contributed by atoms with E-state index in [0.29, 0.717) is 10.2 Å². The van der Waals surface area contributed by atoms with Gasteiger partial charge >= 0.3 is 6.18 Å². The normalized spacial score (nSPS) is 11.8. The van der Waals surface area contributed by atoms with Crippen molar-refractivity contribution in [1.82, 2.24) is 14.9 Å². The Morgan fingerprint density at radius 1 is 1.36 bits per heavy atom. The maximum atomic E-state index is 12.7.